The van der Waals surface area contributed by atoms with Crippen molar-refractivity contribution in [1.82, 2.24) is 0 Å². The molecule has 4 rings (SSSR count). The zero-order chi connectivity index (χ0) is 17.6. The number of benzene rings is 2. The molecular weight excluding hydrogens is 402 g/mol. The van der Waals surface area contributed by atoms with Crippen molar-refractivity contribution < 1.29 is 9.47 Å². The lowest BCUT2D eigenvalue weighted by Gasteiger charge is -2.38. The number of fused-ring (bicyclic) bond motifs is 3. The van der Waals surface area contributed by atoms with Crippen LogP contribution in [0, 0.1) is 5.92 Å². The lowest BCUT2D eigenvalue weighted by Crippen LogP contribution is -2.29. The number of para-hydroxylation sites is 1. The van der Waals surface area contributed by atoms with E-state index < -0.39 is 0 Å². The van der Waals surface area contributed by atoms with Gasteiger partial charge in [-0.25, -0.2) is 0 Å². The molecule has 2 aromatic rings. The molecule has 0 fully saturated rings. The highest BCUT2D eigenvalue weighted by atomic mass is 79.9. The van der Waals surface area contributed by atoms with Crippen LogP contribution in [-0.2, 0) is 0 Å². The number of allylic oxidation sites excluding steroid dienone is 2. The molecule has 5 heteroatoms. The van der Waals surface area contributed by atoms with E-state index in [0.29, 0.717) is 17.6 Å². The molecule has 0 radical (unpaired) electrons. The Morgan fingerprint density at radius 3 is 2.80 bits per heavy atom. The number of hydrogen-bond acceptors (Lipinski definition) is 3. The molecule has 25 heavy (non-hydrogen) atoms. The third kappa shape index (κ3) is 2.72. The van der Waals surface area contributed by atoms with Gasteiger partial charge in [0.25, 0.3) is 0 Å². The average Bonchev–Trinajstić information content (AvgIpc) is 3.10. The maximum atomic E-state index is 6.48. The molecule has 3 nitrogen and oxygen atoms in total. The average molecular weight is 421 g/mol. The smallest absolute Gasteiger partial charge is 0.174 e. The van der Waals surface area contributed by atoms with Gasteiger partial charge in [0, 0.05) is 5.92 Å². The third-order valence-electron chi connectivity index (χ3n) is 5.16. The summed E-state index contributed by atoms with van der Waals surface area (Å²) >= 11 is 10.1. The molecule has 3 unspecified atom stereocenters. The fourth-order valence-corrected chi connectivity index (χ4v) is 4.89. The predicted octanol–water partition coefficient (Wildman–Crippen LogP) is 5.95. The van der Waals surface area contributed by atoms with E-state index in [1.165, 1.54) is 5.56 Å². The Labute approximate surface area is 161 Å². The van der Waals surface area contributed by atoms with Crippen LogP contribution < -0.4 is 14.8 Å². The Kier molecular flexibility index (Phi) is 4.42. The van der Waals surface area contributed by atoms with Gasteiger partial charge in [-0.15, -0.1) is 0 Å². The molecule has 130 valence electrons. The van der Waals surface area contributed by atoms with Crippen molar-refractivity contribution in [3.05, 3.63) is 63.1 Å². The van der Waals surface area contributed by atoms with E-state index in [1.54, 1.807) is 14.2 Å². The van der Waals surface area contributed by atoms with Gasteiger partial charge in [0.2, 0.25) is 0 Å². The third-order valence-corrected chi connectivity index (χ3v) is 6.06. The topological polar surface area (TPSA) is 30.5 Å². The zero-order valence-electron chi connectivity index (χ0n) is 14.1. The van der Waals surface area contributed by atoms with E-state index in [9.17, 15) is 0 Å². The number of ether oxygens (including phenoxy) is 2. The van der Waals surface area contributed by atoms with Crippen LogP contribution in [0.15, 0.2) is 47.0 Å². The Hall–Kier alpha value is -1.65. The summed E-state index contributed by atoms with van der Waals surface area (Å²) in [5, 5.41) is 4.44. The van der Waals surface area contributed by atoms with Crippen molar-refractivity contribution in [3.8, 4) is 11.5 Å². The zero-order valence-corrected chi connectivity index (χ0v) is 16.4. The summed E-state index contributed by atoms with van der Waals surface area (Å²) in [4.78, 5) is 0. The number of nitrogens with one attached hydrogen (secondary N) is 1. The summed E-state index contributed by atoms with van der Waals surface area (Å²) in [6, 6.07) is 10.5. The second-order valence-electron chi connectivity index (χ2n) is 6.42. The molecule has 3 atom stereocenters. The lowest BCUT2D eigenvalue weighted by molar-refractivity contribution is 0.351. The van der Waals surface area contributed by atoms with Gasteiger partial charge in [-0.2, -0.15) is 0 Å². The van der Waals surface area contributed by atoms with Crippen LogP contribution >= 0.6 is 27.5 Å². The summed E-state index contributed by atoms with van der Waals surface area (Å²) < 4.78 is 11.9. The van der Waals surface area contributed by atoms with Gasteiger partial charge >= 0.3 is 0 Å². The lowest BCUT2D eigenvalue weighted by atomic mass is 9.77. The second kappa shape index (κ2) is 6.58. The molecule has 0 saturated heterocycles. The number of halogens is 2. The van der Waals surface area contributed by atoms with Crippen molar-refractivity contribution in [1.29, 1.82) is 0 Å². The monoisotopic (exact) mass is 419 g/mol. The molecule has 2 aliphatic rings. The molecule has 1 N–H and O–H groups in total. The van der Waals surface area contributed by atoms with Gasteiger partial charge in [0.05, 0.1) is 35.4 Å². The first-order chi connectivity index (χ1) is 12.1. The first-order valence-electron chi connectivity index (χ1n) is 8.27. The molecule has 0 amide bonds. The Balaban J connectivity index is 1.82. The summed E-state index contributed by atoms with van der Waals surface area (Å²) in [6.07, 6.45) is 5.62. The highest BCUT2D eigenvalue weighted by Gasteiger charge is 2.39. The van der Waals surface area contributed by atoms with E-state index in [0.717, 1.165) is 32.9 Å². The van der Waals surface area contributed by atoms with Crippen molar-refractivity contribution in [2.45, 2.75) is 18.4 Å². The standard InChI is InChI=1S/C20H19BrClNO2/c1-24-17-10-11(9-15(21)20(17)25-2)18-13-6-3-5-12(13)14-7-4-8-16(22)19(14)23-18/h3-5,7-10,12-13,18,23H,6H2,1-2H3. The summed E-state index contributed by atoms with van der Waals surface area (Å²) in [5.74, 6) is 2.27. The minimum absolute atomic E-state index is 0.156. The van der Waals surface area contributed by atoms with E-state index in [-0.39, 0.29) is 6.04 Å². The second-order valence-corrected chi connectivity index (χ2v) is 7.68. The maximum Gasteiger partial charge on any atom is 0.174 e. The van der Waals surface area contributed by atoms with Gasteiger partial charge in [-0.3, -0.25) is 0 Å². The van der Waals surface area contributed by atoms with E-state index >= 15 is 0 Å². The Bertz CT molecular complexity index is 852. The molecular formula is C20H19BrClNO2. The Morgan fingerprint density at radius 2 is 2.04 bits per heavy atom. The van der Waals surface area contributed by atoms with Gasteiger partial charge in [0.1, 0.15) is 0 Å². The first-order valence-corrected chi connectivity index (χ1v) is 9.44. The van der Waals surface area contributed by atoms with Crippen LogP contribution in [0.3, 0.4) is 0 Å². The van der Waals surface area contributed by atoms with Crippen LogP contribution in [0.4, 0.5) is 5.69 Å². The van der Waals surface area contributed by atoms with E-state index in [2.05, 4.69) is 51.6 Å². The minimum Gasteiger partial charge on any atom is -0.493 e. The number of methoxy groups -OCH3 is 2. The molecule has 1 aliphatic carbocycles. The molecule has 0 bridgehead atoms. The molecule has 0 spiro atoms. The molecule has 2 aromatic carbocycles. The summed E-state index contributed by atoms with van der Waals surface area (Å²) in [7, 11) is 3.31. The molecule has 0 aromatic heterocycles. The van der Waals surface area contributed by atoms with Gasteiger partial charge in [-0.1, -0.05) is 35.9 Å². The highest BCUT2D eigenvalue weighted by molar-refractivity contribution is 9.10. The first kappa shape index (κ1) is 16.8. The van der Waals surface area contributed by atoms with Crippen molar-refractivity contribution in [2.24, 2.45) is 5.92 Å². The van der Waals surface area contributed by atoms with E-state index in [1.807, 2.05) is 12.1 Å². The fraction of sp³-hybridized carbons (Fsp3) is 0.300. The van der Waals surface area contributed by atoms with Gasteiger partial charge < -0.3 is 14.8 Å². The van der Waals surface area contributed by atoms with Gasteiger partial charge in [0.15, 0.2) is 11.5 Å². The van der Waals surface area contributed by atoms with Crippen LogP contribution in [0.5, 0.6) is 11.5 Å². The largest absolute Gasteiger partial charge is 0.493 e. The van der Waals surface area contributed by atoms with Crippen LogP contribution in [0.2, 0.25) is 5.02 Å². The molecule has 0 saturated carbocycles. The summed E-state index contributed by atoms with van der Waals surface area (Å²) in [5.41, 5.74) is 3.48. The minimum atomic E-state index is 0.156. The number of anilines is 1. The van der Waals surface area contributed by atoms with Crippen LogP contribution in [0.1, 0.15) is 29.5 Å². The SMILES string of the molecule is COc1cc(C2Nc3c(Cl)cccc3C3C=CCC32)cc(Br)c1OC. The van der Waals surface area contributed by atoms with Gasteiger partial charge in [-0.05, 0) is 57.6 Å². The van der Waals surface area contributed by atoms with Crippen LogP contribution in [-0.4, -0.2) is 14.2 Å². The maximum absolute atomic E-state index is 6.48. The van der Waals surface area contributed by atoms with Crippen molar-refractivity contribution in [2.75, 3.05) is 19.5 Å². The van der Waals surface area contributed by atoms with Crippen molar-refractivity contribution in [3.63, 3.8) is 0 Å². The highest BCUT2D eigenvalue weighted by Crippen LogP contribution is 2.52. The predicted molar refractivity (Wildman–Crippen MR) is 105 cm³/mol. The van der Waals surface area contributed by atoms with Crippen molar-refractivity contribution >= 4 is 33.2 Å². The van der Waals surface area contributed by atoms with Crippen LogP contribution in [0.25, 0.3) is 0 Å². The number of rotatable bonds is 3. The quantitative estimate of drug-likeness (QED) is 0.623. The molecule has 1 heterocycles. The Morgan fingerprint density at radius 1 is 1.20 bits per heavy atom. The fourth-order valence-electron chi connectivity index (χ4n) is 4.03. The summed E-state index contributed by atoms with van der Waals surface area (Å²) in [6.45, 7) is 0. The number of hydrogen-bond donors (Lipinski definition) is 1. The normalized spacial score (nSPS) is 23.6. The molecule has 1 aliphatic heterocycles. The van der Waals surface area contributed by atoms with E-state index in [4.69, 9.17) is 21.1 Å².